The van der Waals surface area contributed by atoms with Gasteiger partial charge in [0.1, 0.15) is 11.5 Å². The molecule has 1 aliphatic rings. The lowest BCUT2D eigenvalue weighted by Crippen LogP contribution is -2.08. The first-order valence-electron chi connectivity index (χ1n) is 7.95. The summed E-state index contributed by atoms with van der Waals surface area (Å²) in [5, 5.41) is 13.3. The summed E-state index contributed by atoms with van der Waals surface area (Å²) in [4.78, 5) is 9.29. The van der Waals surface area contributed by atoms with Crippen molar-refractivity contribution in [3.8, 4) is 5.69 Å². The molecule has 4 rings (SSSR count). The van der Waals surface area contributed by atoms with Crippen molar-refractivity contribution in [3.05, 3.63) is 80.8 Å². The fourth-order valence-corrected chi connectivity index (χ4v) is 3.64. The molecule has 1 aliphatic heterocycles. The third-order valence-electron chi connectivity index (χ3n) is 4.32. The minimum atomic E-state index is 0.370. The Morgan fingerprint density at radius 3 is 2.73 bits per heavy atom. The maximum Gasteiger partial charge on any atom is 0.111 e. The zero-order valence-electron chi connectivity index (χ0n) is 13.8. The van der Waals surface area contributed by atoms with Gasteiger partial charge in [-0.2, -0.15) is 0 Å². The van der Waals surface area contributed by atoms with Gasteiger partial charge in [0, 0.05) is 21.2 Å². The molecule has 0 bridgehead atoms. The standard InChI is InChI=1S/C19H14Cl2N4O/c1-11-24-16(9-23-26)18-10-22-19(13-4-2-3-5-15(13)21)14-8-12(20)6-7-17(14)25(11)18/h2-9,26H,10H2,1H3. The second-order valence-electron chi connectivity index (χ2n) is 5.88. The molecule has 0 aliphatic carbocycles. The minimum absolute atomic E-state index is 0.370. The summed E-state index contributed by atoms with van der Waals surface area (Å²) in [6.07, 6.45) is 1.32. The van der Waals surface area contributed by atoms with E-state index in [0.29, 0.717) is 22.3 Å². The quantitative estimate of drug-likeness (QED) is 0.397. The van der Waals surface area contributed by atoms with Crippen LogP contribution < -0.4 is 0 Å². The normalized spacial score (nSPS) is 13.3. The lowest BCUT2D eigenvalue weighted by Gasteiger charge is -2.14. The second kappa shape index (κ2) is 6.59. The van der Waals surface area contributed by atoms with Crippen molar-refractivity contribution < 1.29 is 5.21 Å². The molecule has 2 aromatic carbocycles. The van der Waals surface area contributed by atoms with Crippen LogP contribution in [-0.2, 0) is 6.54 Å². The fraction of sp³-hybridized carbons (Fsp3) is 0.105. The number of rotatable bonds is 2. The summed E-state index contributed by atoms with van der Waals surface area (Å²) in [7, 11) is 0. The molecule has 0 radical (unpaired) electrons. The van der Waals surface area contributed by atoms with Gasteiger partial charge in [-0.15, -0.1) is 0 Å². The number of halogens is 2. The molecule has 0 amide bonds. The van der Waals surface area contributed by atoms with Crippen LogP contribution in [0.5, 0.6) is 0 Å². The highest BCUT2D eigenvalue weighted by Crippen LogP contribution is 2.31. The number of imidazole rings is 1. The van der Waals surface area contributed by atoms with Crippen LogP contribution in [0.4, 0.5) is 0 Å². The van der Waals surface area contributed by atoms with E-state index in [-0.39, 0.29) is 0 Å². The molecule has 0 unspecified atom stereocenters. The number of aliphatic imine (C=N–C) groups is 1. The third-order valence-corrected chi connectivity index (χ3v) is 4.89. The van der Waals surface area contributed by atoms with Crippen LogP contribution >= 0.6 is 23.2 Å². The van der Waals surface area contributed by atoms with Gasteiger partial charge in [0.2, 0.25) is 0 Å². The van der Waals surface area contributed by atoms with E-state index in [4.69, 9.17) is 33.4 Å². The number of benzene rings is 2. The number of hydrogen-bond donors (Lipinski definition) is 1. The molecular weight excluding hydrogens is 371 g/mol. The van der Waals surface area contributed by atoms with Crippen LogP contribution in [0.15, 0.2) is 52.6 Å². The molecule has 130 valence electrons. The van der Waals surface area contributed by atoms with Crippen molar-refractivity contribution in [2.75, 3.05) is 0 Å². The molecule has 0 saturated carbocycles. The first-order chi connectivity index (χ1) is 12.6. The Balaban J connectivity index is 2.03. The van der Waals surface area contributed by atoms with Crippen LogP contribution in [-0.4, -0.2) is 26.7 Å². The topological polar surface area (TPSA) is 62.8 Å². The van der Waals surface area contributed by atoms with Crippen LogP contribution in [0.2, 0.25) is 10.0 Å². The van der Waals surface area contributed by atoms with Gasteiger partial charge < -0.3 is 5.21 Å². The lowest BCUT2D eigenvalue weighted by atomic mass is 10.0. The van der Waals surface area contributed by atoms with Gasteiger partial charge >= 0.3 is 0 Å². The molecule has 7 heteroatoms. The van der Waals surface area contributed by atoms with Gasteiger partial charge in [0.15, 0.2) is 0 Å². The maximum absolute atomic E-state index is 8.95. The summed E-state index contributed by atoms with van der Waals surface area (Å²) in [6, 6.07) is 13.2. The molecule has 3 aromatic rings. The highest BCUT2D eigenvalue weighted by atomic mass is 35.5. The van der Waals surface area contributed by atoms with E-state index in [1.807, 2.05) is 54.0 Å². The number of aryl methyl sites for hydroxylation is 1. The number of nitrogens with zero attached hydrogens (tertiary/aromatic N) is 4. The largest absolute Gasteiger partial charge is 0.411 e. The average molecular weight is 385 g/mol. The summed E-state index contributed by atoms with van der Waals surface area (Å²) >= 11 is 12.7. The van der Waals surface area contributed by atoms with E-state index in [2.05, 4.69) is 10.1 Å². The van der Waals surface area contributed by atoms with Gasteiger partial charge in [-0.25, -0.2) is 4.98 Å². The molecule has 0 spiro atoms. The van der Waals surface area contributed by atoms with Gasteiger partial charge in [-0.05, 0) is 31.2 Å². The van der Waals surface area contributed by atoms with Crippen LogP contribution in [0, 0.1) is 6.92 Å². The first-order valence-corrected chi connectivity index (χ1v) is 8.71. The van der Waals surface area contributed by atoms with Crippen molar-refractivity contribution in [2.24, 2.45) is 10.1 Å². The van der Waals surface area contributed by atoms with E-state index in [1.54, 1.807) is 0 Å². The van der Waals surface area contributed by atoms with Crippen LogP contribution in [0.1, 0.15) is 28.3 Å². The average Bonchev–Trinajstić information content (AvgIpc) is 2.83. The summed E-state index contributed by atoms with van der Waals surface area (Å²) in [6.45, 7) is 2.27. The molecule has 0 saturated heterocycles. The molecule has 2 heterocycles. The highest BCUT2D eigenvalue weighted by molar-refractivity contribution is 6.36. The molecule has 0 fully saturated rings. The van der Waals surface area contributed by atoms with Gasteiger partial charge in [-0.3, -0.25) is 9.56 Å². The number of aromatic nitrogens is 2. The number of fused-ring (bicyclic) bond motifs is 3. The monoisotopic (exact) mass is 384 g/mol. The Bertz CT molecular complexity index is 1070. The Morgan fingerprint density at radius 1 is 1.15 bits per heavy atom. The van der Waals surface area contributed by atoms with Gasteiger partial charge in [0.25, 0.3) is 0 Å². The Labute approximate surface area is 160 Å². The van der Waals surface area contributed by atoms with Gasteiger partial charge in [-0.1, -0.05) is 46.6 Å². The SMILES string of the molecule is Cc1nc(C=NO)c2n1-c1ccc(Cl)cc1C(c1ccccc1Cl)=NC2. The number of hydrogen-bond acceptors (Lipinski definition) is 4. The van der Waals surface area contributed by atoms with Crippen LogP contribution in [0.25, 0.3) is 5.69 Å². The zero-order valence-corrected chi connectivity index (χ0v) is 15.3. The van der Waals surface area contributed by atoms with Crippen molar-refractivity contribution in [1.29, 1.82) is 0 Å². The number of oxime groups is 1. The van der Waals surface area contributed by atoms with Crippen molar-refractivity contribution in [1.82, 2.24) is 9.55 Å². The van der Waals surface area contributed by atoms with E-state index in [1.165, 1.54) is 6.21 Å². The second-order valence-corrected chi connectivity index (χ2v) is 6.72. The predicted molar refractivity (Wildman–Crippen MR) is 103 cm³/mol. The minimum Gasteiger partial charge on any atom is -0.411 e. The lowest BCUT2D eigenvalue weighted by molar-refractivity contribution is 0.321. The Morgan fingerprint density at radius 2 is 1.96 bits per heavy atom. The molecule has 0 atom stereocenters. The first kappa shape index (κ1) is 16.8. The molecule has 26 heavy (non-hydrogen) atoms. The predicted octanol–water partition coefficient (Wildman–Crippen LogP) is 4.65. The van der Waals surface area contributed by atoms with Gasteiger partial charge in [0.05, 0.1) is 29.9 Å². The zero-order chi connectivity index (χ0) is 18.3. The fourth-order valence-electron chi connectivity index (χ4n) is 3.24. The molecule has 1 aromatic heterocycles. The van der Waals surface area contributed by atoms with E-state index < -0.39 is 0 Å². The van der Waals surface area contributed by atoms with Crippen molar-refractivity contribution >= 4 is 35.1 Å². The summed E-state index contributed by atoms with van der Waals surface area (Å²) in [5.41, 5.74) is 4.80. The van der Waals surface area contributed by atoms with E-state index in [0.717, 1.165) is 34.0 Å². The summed E-state index contributed by atoms with van der Waals surface area (Å²) < 4.78 is 2.01. The highest BCUT2D eigenvalue weighted by Gasteiger charge is 2.24. The maximum atomic E-state index is 8.95. The summed E-state index contributed by atoms with van der Waals surface area (Å²) in [5.74, 6) is 0.772. The van der Waals surface area contributed by atoms with E-state index >= 15 is 0 Å². The Kier molecular flexibility index (Phi) is 4.26. The molecular formula is C19H14Cl2N4O. The van der Waals surface area contributed by atoms with E-state index in [9.17, 15) is 0 Å². The van der Waals surface area contributed by atoms with Crippen LogP contribution in [0.3, 0.4) is 0 Å². The smallest absolute Gasteiger partial charge is 0.111 e. The molecule has 5 nitrogen and oxygen atoms in total. The molecule has 1 N–H and O–H groups in total. The van der Waals surface area contributed by atoms with Crippen molar-refractivity contribution in [2.45, 2.75) is 13.5 Å². The Hall–Kier alpha value is -2.63. The van der Waals surface area contributed by atoms with Crippen molar-refractivity contribution in [3.63, 3.8) is 0 Å². The third kappa shape index (κ3) is 2.69.